The molecule has 3 N–H and O–H groups in total. The van der Waals surface area contributed by atoms with E-state index in [1.807, 2.05) is 0 Å². The predicted octanol–water partition coefficient (Wildman–Crippen LogP) is 3.81. The topological polar surface area (TPSA) is 99.9 Å². The Bertz CT molecular complexity index is 980. The third-order valence-corrected chi connectivity index (χ3v) is 3.81. The minimum Gasteiger partial charge on any atom is -0.493 e. The van der Waals surface area contributed by atoms with Gasteiger partial charge in [0.1, 0.15) is 5.75 Å². The van der Waals surface area contributed by atoms with Gasteiger partial charge in [-0.1, -0.05) is 17.7 Å². The van der Waals surface area contributed by atoms with Gasteiger partial charge in [-0.3, -0.25) is 9.59 Å². The van der Waals surface area contributed by atoms with E-state index < -0.39 is 24.6 Å². The van der Waals surface area contributed by atoms with Crippen LogP contribution in [0.2, 0.25) is 5.02 Å². The maximum Gasteiger partial charge on any atom is 0.422 e. The van der Waals surface area contributed by atoms with E-state index in [2.05, 4.69) is 5.32 Å². The molecule has 0 spiro atoms. The van der Waals surface area contributed by atoms with Crippen molar-refractivity contribution in [3.8, 4) is 17.2 Å². The molecule has 2 aromatic carbocycles. The van der Waals surface area contributed by atoms with Crippen LogP contribution in [-0.4, -0.2) is 38.3 Å². The van der Waals surface area contributed by atoms with E-state index in [0.29, 0.717) is 11.3 Å². The van der Waals surface area contributed by atoms with Crippen LogP contribution >= 0.6 is 11.6 Å². The average molecular weight is 459 g/mol. The summed E-state index contributed by atoms with van der Waals surface area (Å²) in [6, 6.07) is 8.51. The number of methoxy groups -OCH3 is 1. The Kier molecular flexibility index (Phi) is 8.14. The van der Waals surface area contributed by atoms with Crippen LogP contribution in [-0.2, 0) is 9.59 Å². The minimum atomic E-state index is -4.53. The Hall–Kier alpha value is -3.40. The van der Waals surface area contributed by atoms with Crippen molar-refractivity contribution in [1.82, 2.24) is 0 Å². The fourth-order valence-corrected chi connectivity index (χ4v) is 2.46. The second kappa shape index (κ2) is 10.6. The summed E-state index contributed by atoms with van der Waals surface area (Å²) in [5, 5.41) is 2.62. The first-order valence-corrected chi connectivity index (χ1v) is 9.02. The van der Waals surface area contributed by atoms with Crippen molar-refractivity contribution >= 4 is 35.2 Å². The highest BCUT2D eigenvalue weighted by molar-refractivity contribution is 6.31. The van der Waals surface area contributed by atoms with Crippen LogP contribution in [0.25, 0.3) is 6.08 Å². The van der Waals surface area contributed by atoms with Crippen molar-refractivity contribution < 1.29 is 37.0 Å². The van der Waals surface area contributed by atoms with Gasteiger partial charge >= 0.3 is 6.18 Å². The molecule has 0 fully saturated rings. The molecule has 0 aromatic heterocycles. The van der Waals surface area contributed by atoms with Crippen LogP contribution in [0.15, 0.2) is 42.5 Å². The number of carbonyl (C=O) groups is 2. The number of nitrogens with one attached hydrogen (secondary N) is 1. The molecule has 0 bridgehead atoms. The molecular formula is C20H18ClF3N2O5. The molecule has 0 aliphatic rings. The van der Waals surface area contributed by atoms with Gasteiger partial charge in [0, 0.05) is 11.1 Å². The molecule has 0 radical (unpaired) electrons. The number of anilines is 1. The SMILES string of the molecule is COc1cc(/C=C/C(=O)Nc2cc(Cl)ccc2OCC(F)(F)F)ccc1OCC(N)=O. The summed E-state index contributed by atoms with van der Waals surface area (Å²) < 4.78 is 52.3. The molecular weight excluding hydrogens is 441 g/mol. The Labute approximate surface area is 180 Å². The molecule has 2 rings (SSSR count). The highest BCUT2D eigenvalue weighted by Crippen LogP contribution is 2.30. The van der Waals surface area contributed by atoms with Crippen molar-refractivity contribution in [3.63, 3.8) is 0 Å². The minimum absolute atomic E-state index is 0.0146. The van der Waals surface area contributed by atoms with Gasteiger partial charge in [-0.2, -0.15) is 13.2 Å². The van der Waals surface area contributed by atoms with E-state index >= 15 is 0 Å². The quantitative estimate of drug-likeness (QED) is 0.557. The van der Waals surface area contributed by atoms with Crippen LogP contribution in [0.4, 0.5) is 18.9 Å². The number of amides is 2. The van der Waals surface area contributed by atoms with Gasteiger partial charge in [-0.05, 0) is 42.0 Å². The monoisotopic (exact) mass is 458 g/mol. The largest absolute Gasteiger partial charge is 0.493 e. The van der Waals surface area contributed by atoms with E-state index in [1.165, 1.54) is 37.5 Å². The number of rotatable bonds is 9. The van der Waals surface area contributed by atoms with Gasteiger partial charge in [0.15, 0.2) is 24.7 Å². The first-order valence-electron chi connectivity index (χ1n) is 8.64. The molecule has 31 heavy (non-hydrogen) atoms. The number of halogens is 4. The molecule has 2 amide bonds. The number of hydrogen-bond acceptors (Lipinski definition) is 5. The van der Waals surface area contributed by atoms with Crippen molar-refractivity contribution in [1.29, 1.82) is 0 Å². The lowest BCUT2D eigenvalue weighted by molar-refractivity contribution is -0.153. The van der Waals surface area contributed by atoms with Crippen molar-refractivity contribution in [2.24, 2.45) is 5.73 Å². The molecule has 166 valence electrons. The summed E-state index contributed by atoms with van der Waals surface area (Å²) in [4.78, 5) is 23.1. The van der Waals surface area contributed by atoms with Crippen LogP contribution in [0.1, 0.15) is 5.56 Å². The fraction of sp³-hybridized carbons (Fsp3) is 0.200. The second-order valence-electron chi connectivity index (χ2n) is 6.03. The van der Waals surface area contributed by atoms with Crippen LogP contribution in [0, 0.1) is 0 Å². The van der Waals surface area contributed by atoms with E-state index in [0.717, 1.165) is 6.08 Å². The Balaban J connectivity index is 2.10. The van der Waals surface area contributed by atoms with Gasteiger partial charge in [0.05, 0.1) is 12.8 Å². The zero-order valence-electron chi connectivity index (χ0n) is 16.2. The predicted molar refractivity (Wildman–Crippen MR) is 108 cm³/mol. The standard InChI is InChI=1S/C20H18ClF3N2O5/c1-29-17-8-12(2-5-16(17)30-10-18(25)27)3-7-19(28)26-14-9-13(21)4-6-15(14)31-11-20(22,23)24/h2-9H,10-11H2,1H3,(H2,25,27)(H,26,28)/b7-3+. The smallest absolute Gasteiger partial charge is 0.422 e. The highest BCUT2D eigenvalue weighted by Gasteiger charge is 2.29. The highest BCUT2D eigenvalue weighted by atomic mass is 35.5. The molecule has 0 atom stereocenters. The Morgan fingerprint density at radius 1 is 1.10 bits per heavy atom. The molecule has 0 unspecified atom stereocenters. The molecule has 7 nitrogen and oxygen atoms in total. The molecule has 0 aliphatic carbocycles. The summed E-state index contributed by atoms with van der Waals surface area (Å²) in [6.45, 7) is -1.84. The maximum absolute atomic E-state index is 12.4. The molecule has 0 saturated carbocycles. The number of primary amides is 1. The van der Waals surface area contributed by atoms with Crippen LogP contribution < -0.4 is 25.3 Å². The third kappa shape index (κ3) is 8.09. The fourth-order valence-electron chi connectivity index (χ4n) is 2.29. The van der Waals surface area contributed by atoms with Gasteiger partial charge in [-0.15, -0.1) is 0 Å². The maximum atomic E-state index is 12.4. The number of hydrogen-bond donors (Lipinski definition) is 2. The Morgan fingerprint density at radius 2 is 1.81 bits per heavy atom. The van der Waals surface area contributed by atoms with Gasteiger partial charge in [0.25, 0.3) is 5.91 Å². The number of nitrogens with two attached hydrogens (primary N) is 1. The van der Waals surface area contributed by atoms with Crippen molar-refractivity contribution in [3.05, 3.63) is 53.1 Å². The third-order valence-electron chi connectivity index (χ3n) is 3.58. The normalized spacial score (nSPS) is 11.3. The molecule has 0 aliphatic heterocycles. The van der Waals surface area contributed by atoms with E-state index in [9.17, 15) is 22.8 Å². The summed E-state index contributed by atoms with van der Waals surface area (Å²) in [7, 11) is 1.40. The first-order chi connectivity index (χ1) is 14.6. The molecule has 0 saturated heterocycles. The van der Waals surface area contributed by atoms with Crippen LogP contribution in [0.3, 0.4) is 0 Å². The number of carbonyl (C=O) groups excluding carboxylic acids is 2. The summed E-state index contributed by atoms with van der Waals surface area (Å²) >= 11 is 5.85. The van der Waals surface area contributed by atoms with Gasteiger partial charge in [-0.25, -0.2) is 0 Å². The number of ether oxygens (including phenoxy) is 3. The van der Waals surface area contributed by atoms with Crippen LogP contribution in [0.5, 0.6) is 17.2 Å². The first kappa shape index (κ1) is 23.9. The summed E-state index contributed by atoms with van der Waals surface area (Å²) in [5.74, 6) is -0.870. The summed E-state index contributed by atoms with van der Waals surface area (Å²) in [5.41, 5.74) is 5.57. The Morgan fingerprint density at radius 3 is 2.45 bits per heavy atom. The molecule has 11 heteroatoms. The van der Waals surface area contributed by atoms with E-state index in [-0.39, 0.29) is 28.8 Å². The molecule has 0 heterocycles. The average Bonchev–Trinajstić information content (AvgIpc) is 2.69. The van der Waals surface area contributed by atoms with Crippen molar-refractivity contribution in [2.75, 3.05) is 25.6 Å². The lowest BCUT2D eigenvalue weighted by atomic mass is 10.2. The van der Waals surface area contributed by atoms with Gasteiger partial charge < -0.3 is 25.3 Å². The van der Waals surface area contributed by atoms with E-state index in [4.69, 9.17) is 31.5 Å². The van der Waals surface area contributed by atoms with E-state index in [1.54, 1.807) is 12.1 Å². The van der Waals surface area contributed by atoms with Crippen molar-refractivity contribution in [2.45, 2.75) is 6.18 Å². The lowest BCUT2D eigenvalue weighted by Crippen LogP contribution is -2.20. The van der Waals surface area contributed by atoms with Gasteiger partial charge in [0.2, 0.25) is 5.91 Å². The number of alkyl halides is 3. The lowest BCUT2D eigenvalue weighted by Gasteiger charge is -2.13. The zero-order valence-corrected chi connectivity index (χ0v) is 16.9. The number of benzene rings is 2. The second-order valence-corrected chi connectivity index (χ2v) is 6.47. The zero-order chi connectivity index (χ0) is 23.0. The molecule has 2 aromatic rings. The summed E-state index contributed by atoms with van der Waals surface area (Å²) in [6.07, 6.45) is -1.93.